The van der Waals surface area contributed by atoms with E-state index in [0.29, 0.717) is 0 Å². The van der Waals surface area contributed by atoms with E-state index >= 15 is 0 Å². The van der Waals surface area contributed by atoms with Crippen LogP contribution < -0.4 is 4.90 Å². The first kappa shape index (κ1) is 11.7. The average molecular weight is 264 g/mol. The van der Waals surface area contributed by atoms with Crippen molar-refractivity contribution in [3.05, 3.63) is 65.7 Å². The van der Waals surface area contributed by atoms with Crippen LogP contribution in [0.3, 0.4) is 0 Å². The summed E-state index contributed by atoms with van der Waals surface area (Å²) in [7, 11) is 0. The third-order valence-corrected chi connectivity index (χ3v) is 4.16. The van der Waals surface area contributed by atoms with Gasteiger partial charge in [-0.05, 0) is 18.1 Å². The second kappa shape index (κ2) is 4.18. The first-order valence-electron chi connectivity index (χ1n) is 7.01. The molecule has 20 heavy (non-hydrogen) atoms. The van der Waals surface area contributed by atoms with Gasteiger partial charge in [0.15, 0.2) is 5.60 Å². The maximum absolute atomic E-state index is 11.4. The van der Waals surface area contributed by atoms with Crippen molar-refractivity contribution in [2.45, 2.75) is 12.0 Å². The molecular weight excluding hydrogens is 248 g/mol. The molecule has 2 aliphatic rings. The Hall–Kier alpha value is -2.13. The molecular formula is C17H16N2O. The van der Waals surface area contributed by atoms with Gasteiger partial charge in [-0.2, -0.15) is 0 Å². The predicted octanol–water partition coefficient (Wildman–Crippen LogP) is 2.54. The van der Waals surface area contributed by atoms with E-state index in [2.05, 4.69) is 16.0 Å². The van der Waals surface area contributed by atoms with Crippen molar-refractivity contribution in [1.29, 1.82) is 0 Å². The van der Waals surface area contributed by atoms with Gasteiger partial charge in [0.05, 0.1) is 0 Å². The fourth-order valence-corrected chi connectivity index (χ4v) is 3.25. The molecule has 2 aromatic rings. The second-order valence-corrected chi connectivity index (χ2v) is 5.30. The number of aliphatic hydroxyl groups is 1. The lowest BCUT2D eigenvalue weighted by molar-refractivity contribution is 0.158. The molecule has 0 amide bonds. The molecule has 0 spiro atoms. The van der Waals surface area contributed by atoms with Gasteiger partial charge in [0.1, 0.15) is 5.84 Å². The molecule has 100 valence electrons. The highest BCUT2D eigenvalue weighted by Crippen LogP contribution is 2.45. The number of hydrogen-bond acceptors (Lipinski definition) is 3. The number of para-hydroxylation sites is 1. The summed E-state index contributed by atoms with van der Waals surface area (Å²) < 4.78 is 0. The SMILES string of the molecule is O[C@]1(c2ccccc2)C2=NCCCN2c2ccccc21. The maximum atomic E-state index is 11.4. The van der Waals surface area contributed by atoms with E-state index in [1.54, 1.807) is 0 Å². The molecule has 4 rings (SSSR count). The van der Waals surface area contributed by atoms with E-state index in [9.17, 15) is 5.11 Å². The standard InChI is InChI=1S/C17H16N2O/c20-17(13-7-2-1-3-8-13)14-9-4-5-10-15(14)19-12-6-11-18-16(17)19/h1-5,7-10,20H,6,11-12H2/t17-/m0/s1. The normalized spacial score (nSPS) is 24.1. The Kier molecular flexibility index (Phi) is 2.44. The van der Waals surface area contributed by atoms with Crippen molar-refractivity contribution in [3.8, 4) is 0 Å². The third-order valence-electron chi connectivity index (χ3n) is 4.16. The largest absolute Gasteiger partial charge is 0.373 e. The molecule has 0 fully saturated rings. The molecule has 0 aromatic heterocycles. The van der Waals surface area contributed by atoms with Crippen molar-refractivity contribution in [1.82, 2.24) is 0 Å². The maximum Gasteiger partial charge on any atom is 0.174 e. The molecule has 2 aliphatic heterocycles. The van der Waals surface area contributed by atoms with Gasteiger partial charge in [0.25, 0.3) is 0 Å². The molecule has 0 radical (unpaired) electrons. The molecule has 1 N–H and O–H groups in total. The van der Waals surface area contributed by atoms with Crippen LogP contribution in [0.15, 0.2) is 59.6 Å². The fourth-order valence-electron chi connectivity index (χ4n) is 3.25. The Morgan fingerprint density at radius 1 is 1.00 bits per heavy atom. The predicted molar refractivity (Wildman–Crippen MR) is 80.1 cm³/mol. The number of nitrogens with zero attached hydrogens (tertiary/aromatic N) is 2. The monoisotopic (exact) mass is 264 g/mol. The van der Waals surface area contributed by atoms with Crippen molar-refractivity contribution >= 4 is 11.5 Å². The smallest absolute Gasteiger partial charge is 0.174 e. The van der Waals surface area contributed by atoms with Gasteiger partial charge < -0.3 is 10.0 Å². The van der Waals surface area contributed by atoms with E-state index in [1.807, 2.05) is 48.5 Å². The lowest BCUT2D eigenvalue weighted by Gasteiger charge is -2.30. The van der Waals surface area contributed by atoms with Gasteiger partial charge in [-0.15, -0.1) is 0 Å². The van der Waals surface area contributed by atoms with Gasteiger partial charge in [-0.25, -0.2) is 0 Å². The molecule has 0 aliphatic carbocycles. The Labute approximate surface area is 118 Å². The molecule has 0 saturated carbocycles. The Morgan fingerprint density at radius 2 is 1.75 bits per heavy atom. The Balaban J connectivity index is 2.00. The molecule has 2 heterocycles. The number of rotatable bonds is 1. The van der Waals surface area contributed by atoms with Crippen LogP contribution in [0.2, 0.25) is 0 Å². The van der Waals surface area contributed by atoms with Crippen molar-refractivity contribution < 1.29 is 5.11 Å². The van der Waals surface area contributed by atoms with Gasteiger partial charge in [-0.3, -0.25) is 4.99 Å². The van der Waals surface area contributed by atoms with Crippen LogP contribution in [-0.2, 0) is 5.60 Å². The summed E-state index contributed by atoms with van der Waals surface area (Å²) in [6.07, 6.45) is 1.03. The summed E-state index contributed by atoms with van der Waals surface area (Å²) in [5.74, 6) is 0.774. The summed E-state index contributed by atoms with van der Waals surface area (Å²) in [4.78, 5) is 6.79. The zero-order valence-corrected chi connectivity index (χ0v) is 11.2. The van der Waals surface area contributed by atoms with E-state index < -0.39 is 5.60 Å². The lowest BCUT2D eigenvalue weighted by Crippen LogP contribution is -2.44. The minimum Gasteiger partial charge on any atom is -0.373 e. The third kappa shape index (κ3) is 1.41. The van der Waals surface area contributed by atoms with Crippen LogP contribution in [0.5, 0.6) is 0 Å². The summed E-state index contributed by atoms with van der Waals surface area (Å²) in [6, 6.07) is 17.9. The highest BCUT2D eigenvalue weighted by molar-refractivity contribution is 6.12. The number of aliphatic imine (C=N–C) groups is 1. The van der Waals surface area contributed by atoms with E-state index in [1.165, 1.54) is 0 Å². The number of fused-ring (bicyclic) bond motifs is 3. The molecule has 0 bridgehead atoms. The molecule has 3 nitrogen and oxygen atoms in total. The first-order valence-corrected chi connectivity index (χ1v) is 7.01. The van der Waals surface area contributed by atoms with Gasteiger partial charge in [0, 0.05) is 24.3 Å². The quantitative estimate of drug-likeness (QED) is 0.859. The first-order chi connectivity index (χ1) is 9.82. The van der Waals surface area contributed by atoms with Crippen molar-refractivity contribution in [2.24, 2.45) is 4.99 Å². The number of anilines is 1. The van der Waals surface area contributed by atoms with Crippen LogP contribution >= 0.6 is 0 Å². The van der Waals surface area contributed by atoms with Crippen LogP contribution in [0, 0.1) is 0 Å². The zero-order chi connectivity index (χ0) is 13.6. The lowest BCUT2D eigenvalue weighted by atomic mass is 9.87. The van der Waals surface area contributed by atoms with Gasteiger partial charge >= 0.3 is 0 Å². The van der Waals surface area contributed by atoms with Crippen LogP contribution in [-0.4, -0.2) is 24.0 Å². The topological polar surface area (TPSA) is 35.8 Å². The van der Waals surface area contributed by atoms with Crippen LogP contribution in [0.1, 0.15) is 17.5 Å². The number of benzene rings is 2. The van der Waals surface area contributed by atoms with E-state index in [4.69, 9.17) is 0 Å². The number of hydrogen-bond donors (Lipinski definition) is 1. The highest BCUT2D eigenvalue weighted by atomic mass is 16.3. The van der Waals surface area contributed by atoms with Gasteiger partial charge in [-0.1, -0.05) is 48.5 Å². The summed E-state index contributed by atoms with van der Waals surface area (Å²) in [6.45, 7) is 1.71. The molecule has 3 heteroatoms. The summed E-state index contributed by atoms with van der Waals surface area (Å²) >= 11 is 0. The number of amidine groups is 1. The summed E-state index contributed by atoms with van der Waals surface area (Å²) in [5.41, 5.74) is 1.79. The minimum atomic E-state index is -1.11. The van der Waals surface area contributed by atoms with Crippen molar-refractivity contribution in [3.63, 3.8) is 0 Å². The van der Waals surface area contributed by atoms with E-state index in [-0.39, 0.29) is 0 Å². The molecule has 2 aromatic carbocycles. The van der Waals surface area contributed by atoms with Crippen molar-refractivity contribution in [2.75, 3.05) is 18.0 Å². The summed E-state index contributed by atoms with van der Waals surface area (Å²) in [5, 5.41) is 11.4. The van der Waals surface area contributed by atoms with Crippen LogP contribution in [0.25, 0.3) is 0 Å². The molecule has 1 atom stereocenters. The Bertz CT molecular complexity index is 680. The van der Waals surface area contributed by atoms with E-state index in [0.717, 1.165) is 42.2 Å². The molecule has 0 unspecified atom stereocenters. The van der Waals surface area contributed by atoms with Crippen LogP contribution in [0.4, 0.5) is 5.69 Å². The molecule has 0 saturated heterocycles. The minimum absolute atomic E-state index is 0.774. The average Bonchev–Trinajstić information content (AvgIpc) is 2.80. The second-order valence-electron chi connectivity index (χ2n) is 5.30. The zero-order valence-electron chi connectivity index (χ0n) is 11.2. The highest BCUT2D eigenvalue weighted by Gasteiger charge is 2.49. The Morgan fingerprint density at radius 3 is 2.60 bits per heavy atom. The van der Waals surface area contributed by atoms with Gasteiger partial charge in [0.2, 0.25) is 0 Å². The fraction of sp³-hybridized carbons (Fsp3) is 0.235.